The van der Waals surface area contributed by atoms with E-state index >= 15 is 0 Å². The summed E-state index contributed by atoms with van der Waals surface area (Å²) in [6.45, 7) is 0. The fourth-order valence-corrected chi connectivity index (χ4v) is 0.143. The van der Waals surface area contributed by atoms with E-state index < -0.39 is 11.9 Å². The van der Waals surface area contributed by atoms with Crippen molar-refractivity contribution in [3.63, 3.8) is 0 Å². The summed E-state index contributed by atoms with van der Waals surface area (Å²) in [5.41, 5.74) is 0. The van der Waals surface area contributed by atoms with Gasteiger partial charge in [-0.1, -0.05) is 0 Å². The smallest absolute Gasteiger partial charge is 0.478 e. The van der Waals surface area contributed by atoms with Gasteiger partial charge in [0.1, 0.15) is 0 Å². The normalized spacial score (nSPS) is 8.44. The fourth-order valence-electron chi connectivity index (χ4n) is 0.143. The fraction of sp³-hybridized carbons (Fsp3) is 0. The van der Waals surface area contributed by atoms with Crippen LogP contribution in [0.5, 0.6) is 0 Å². The van der Waals surface area contributed by atoms with Gasteiger partial charge in [0, 0.05) is 12.2 Å². The molecule has 2 N–H and O–H groups in total. The molecule has 0 unspecified atom stereocenters. The number of rotatable bonds is 2. The molecule has 44 valence electrons. The van der Waals surface area contributed by atoms with Crippen LogP contribution >= 0.6 is 0 Å². The molecule has 4 nitrogen and oxygen atoms in total. The molecule has 0 spiro atoms. The molecule has 0 heterocycles. The van der Waals surface area contributed by atoms with Crippen molar-refractivity contribution in [2.45, 2.75) is 0 Å². The quantitative estimate of drug-likeness (QED) is 0.310. The summed E-state index contributed by atoms with van der Waals surface area (Å²) in [6, 6.07) is 0. The van der Waals surface area contributed by atoms with Gasteiger partial charge in [-0.15, -0.1) is 0 Å². The number of carbonyl (C=O) groups is 2. The van der Waals surface area contributed by atoms with Crippen molar-refractivity contribution in [2.24, 2.45) is 0 Å². The van der Waals surface area contributed by atoms with E-state index in [-0.39, 0.29) is 29.6 Å². The first kappa shape index (κ1) is 11.5. The summed E-state index contributed by atoms with van der Waals surface area (Å²) in [7, 11) is 0. The summed E-state index contributed by atoms with van der Waals surface area (Å²) in [5.74, 6) is -2.51. The van der Waals surface area contributed by atoms with Crippen LogP contribution < -0.4 is 29.6 Å². The Kier molecular flexibility index (Phi) is 7.41. The zero-order valence-electron chi connectivity index (χ0n) is 4.87. The Morgan fingerprint density at radius 3 is 1.33 bits per heavy atom. The molecule has 0 saturated heterocycles. The van der Waals surface area contributed by atoms with Gasteiger partial charge in [-0.3, -0.25) is 0 Å². The van der Waals surface area contributed by atoms with Gasteiger partial charge in [0.25, 0.3) is 0 Å². The van der Waals surface area contributed by atoms with E-state index in [9.17, 15) is 9.59 Å². The van der Waals surface area contributed by atoms with Crippen molar-refractivity contribution in [3.8, 4) is 0 Å². The molecule has 0 rings (SSSR count). The number of hydrogen-bond donors (Lipinski definition) is 2. The van der Waals surface area contributed by atoms with Gasteiger partial charge in [0.15, 0.2) is 0 Å². The number of aliphatic carboxylic acids is 2. The zero-order valence-corrected chi connectivity index (χ0v) is 6.87. The molecule has 0 aliphatic carbocycles. The molecular weight excluding hydrogens is 135 g/mol. The maximum Gasteiger partial charge on any atom is 1.00 e. The van der Waals surface area contributed by atoms with Gasteiger partial charge in [0.2, 0.25) is 0 Å². The zero-order chi connectivity index (χ0) is 6.57. The third kappa shape index (κ3) is 11.3. The molecule has 0 aliphatic rings. The number of carboxylic acid groups (broad SMARTS) is 2. The maximum absolute atomic E-state index is 9.55. The molecule has 0 saturated carbocycles. The average molecular weight is 139 g/mol. The van der Waals surface area contributed by atoms with Crippen molar-refractivity contribution in [1.29, 1.82) is 0 Å². The summed E-state index contributed by atoms with van der Waals surface area (Å²) in [6.07, 6.45) is 1.12. The first-order valence-corrected chi connectivity index (χ1v) is 1.77. The third-order valence-electron chi connectivity index (χ3n) is 0.368. The Labute approximate surface area is 73.5 Å². The molecule has 9 heavy (non-hydrogen) atoms. The maximum atomic E-state index is 9.55. The average Bonchev–Trinajstić information content (AvgIpc) is 1.61. The topological polar surface area (TPSA) is 74.6 Å². The summed E-state index contributed by atoms with van der Waals surface area (Å²) in [5, 5.41) is 15.6. The van der Waals surface area contributed by atoms with Crippen LogP contribution in [0.15, 0.2) is 12.2 Å². The van der Waals surface area contributed by atoms with E-state index in [1.807, 2.05) is 0 Å². The Bertz CT molecular complexity index is 124. The number of carboxylic acids is 2. The van der Waals surface area contributed by atoms with Crippen LogP contribution in [0.4, 0.5) is 0 Å². The molecular formula is C4H4NaO4+. The van der Waals surface area contributed by atoms with Crippen LogP contribution in [-0.2, 0) is 9.59 Å². The predicted molar refractivity (Wildman–Crippen MR) is 24.4 cm³/mol. The minimum Gasteiger partial charge on any atom is -0.478 e. The molecule has 0 bridgehead atoms. The van der Waals surface area contributed by atoms with E-state index in [0.29, 0.717) is 12.2 Å². The molecule has 5 heteroatoms. The largest absolute Gasteiger partial charge is 1.00 e. The van der Waals surface area contributed by atoms with Gasteiger partial charge in [-0.2, -0.15) is 0 Å². The number of hydrogen-bond acceptors (Lipinski definition) is 2. The molecule has 0 radical (unpaired) electrons. The SMILES string of the molecule is O=C(O)/C=C/C(=O)O.[Na+]. The second kappa shape index (κ2) is 5.81. The van der Waals surface area contributed by atoms with Crippen molar-refractivity contribution >= 4 is 11.9 Å². The van der Waals surface area contributed by atoms with Crippen LogP contribution in [0.3, 0.4) is 0 Å². The van der Waals surface area contributed by atoms with Gasteiger partial charge >= 0.3 is 41.5 Å². The van der Waals surface area contributed by atoms with E-state index in [2.05, 4.69) is 0 Å². The first-order valence-electron chi connectivity index (χ1n) is 1.77. The molecule has 0 aromatic heterocycles. The van der Waals surface area contributed by atoms with Gasteiger partial charge in [-0.25, -0.2) is 9.59 Å². The van der Waals surface area contributed by atoms with Gasteiger partial charge in [-0.05, 0) is 0 Å². The van der Waals surface area contributed by atoms with Crippen molar-refractivity contribution in [2.75, 3.05) is 0 Å². The summed E-state index contributed by atoms with van der Waals surface area (Å²) >= 11 is 0. The first-order chi connectivity index (χ1) is 3.63. The Morgan fingerprint density at radius 1 is 1.00 bits per heavy atom. The van der Waals surface area contributed by atoms with E-state index in [1.54, 1.807) is 0 Å². The minimum atomic E-state index is -1.26. The van der Waals surface area contributed by atoms with Crippen LogP contribution in [0.1, 0.15) is 0 Å². The molecule has 0 aromatic rings. The van der Waals surface area contributed by atoms with Crippen molar-refractivity contribution in [1.82, 2.24) is 0 Å². The molecule has 0 amide bonds. The van der Waals surface area contributed by atoms with Crippen LogP contribution in [-0.4, -0.2) is 22.2 Å². The molecule has 0 aromatic carbocycles. The van der Waals surface area contributed by atoms with Gasteiger partial charge < -0.3 is 10.2 Å². The Morgan fingerprint density at radius 2 is 1.22 bits per heavy atom. The van der Waals surface area contributed by atoms with E-state index in [4.69, 9.17) is 10.2 Å². The van der Waals surface area contributed by atoms with Gasteiger partial charge in [0.05, 0.1) is 0 Å². The predicted octanol–water partition coefficient (Wildman–Crippen LogP) is -3.28. The minimum absolute atomic E-state index is 0. The molecule has 0 atom stereocenters. The molecule has 0 aliphatic heterocycles. The van der Waals surface area contributed by atoms with Crippen molar-refractivity contribution in [3.05, 3.63) is 12.2 Å². The second-order valence-electron chi connectivity index (χ2n) is 1.01. The van der Waals surface area contributed by atoms with E-state index in [1.165, 1.54) is 0 Å². The monoisotopic (exact) mass is 139 g/mol. The van der Waals surface area contributed by atoms with E-state index in [0.717, 1.165) is 0 Å². The van der Waals surface area contributed by atoms with Crippen LogP contribution in [0.25, 0.3) is 0 Å². The Balaban J connectivity index is 0. The second-order valence-corrected chi connectivity index (χ2v) is 1.01. The summed E-state index contributed by atoms with van der Waals surface area (Å²) < 4.78 is 0. The molecule has 0 fully saturated rings. The van der Waals surface area contributed by atoms with Crippen molar-refractivity contribution < 1.29 is 49.4 Å². The Hall–Kier alpha value is -0.320. The van der Waals surface area contributed by atoms with Crippen LogP contribution in [0.2, 0.25) is 0 Å². The van der Waals surface area contributed by atoms with Crippen LogP contribution in [0, 0.1) is 0 Å². The third-order valence-corrected chi connectivity index (χ3v) is 0.368. The summed E-state index contributed by atoms with van der Waals surface area (Å²) in [4.78, 5) is 19.1. The standard InChI is InChI=1S/C4H4O4.Na/c5-3(6)1-2-4(7)8;/h1-2H,(H,5,6)(H,7,8);/q;+1/b2-1+;.